The van der Waals surface area contributed by atoms with Crippen LogP contribution >= 0.6 is 0 Å². The molecular weight excluding hydrogens is 471 g/mol. The minimum atomic E-state index is -4.40. The summed E-state index contributed by atoms with van der Waals surface area (Å²) in [5.74, 6) is 1.72. The highest BCUT2D eigenvalue weighted by molar-refractivity contribution is 5.91. The Kier molecular flexibility index (Phi) is 8.18. The predicted octanol–water partition coefficient (Wildman–Crippen LogP) is 5.68. The van der Waals surface area contributed by atoms with Crippen molar-refractivity contribution in [2.45, 2.75) is 31.9 Å². The third-order valence-electron chi connectivity index (χ3n) is 6.60. The first-order valence-electron chi connectivity index (χ1n) is 12.1. The van der Waals surface area contributed by atoms with Crippen LogP contribution in [0.2, 0.25) is 0 Å². The second-order valence-corrected chi connectivity index (χ2v) is 8.98. The number of ether oxygens (including phenoxy) is 2. The van der Waals surface area contributed by atoms with Crippen molar-refractivity contribution in [3.8, 4) is 11.5 Å². The van der Waals surface area contributed by atoms with Crippen LogP contribution in [0.15, 0.2) is 54.7 Å². The lowest BCUT2D eigenvalue weighted by Crippen LogP contribution is -2.36. The summed E-state index contributed by atoms with van der Waals surface area (Å²) >= 11 is 0. The number of amides is 1. The molecule has 1 amide bonds. The maximum Gasteiger partial charge on any atom is 0.416 e. The number of para-hydroxylation sites is 2. The number of pyridine rings is 1. The van der Waals surface area contributed by atoms with Crippen LogP contribution < -0.4 is 20.1 Å². The zero-order chi connectivity index (χ0) is 25.5. The molecule has 0 spiro atoms. The molecule has 0 radical (unpaired) electrons. The Bertz CT molecular complexity index is 1180. The van der Waals surface area contributed by atoms with Gasteiger partial charge in [-0.25, -0.2) is 0 Å². The molecule has 6 nitrogen and oxygen atoms in total. The molecule has 1 fully saturated rings. The molecule has 0 atom stereocenters. The second kappa shape index (κ2) is 11.5. The van der Waals surface area contributed by atoms with Crippen LogP contribution in [0.5, 0.6) is 11.5 Å². The molecule has 9 heteroatoms. The average Bonchev–Trinajstić information content (AvgIpc) is 2.89. The van der Waals surface area contributed by atoms with Crippen molar-refractivity contribution in [1.29, 1.82) is 0 Å². The molecule has 36 heavy (non-hydrogen) atoms. The maximum absolute atomic E-state index is 13.0. The van der Waals surface area contributed by atoms with Gasteiger partial charge in [-0.1, -0.05) is 18.2 Å². The Labute approximate surface area is 208 Å². The van der Waals surface area contributed by atoms with Crippen molar-refractivity contribution in [3.05, 3.63) is 60.3 Å². The van der Waals surface area contributed by atoms with Crippen LogP contribution in [0.3, 0.4) is 0 Å². The molecule has 0 bridgehead atoms. The molecule has 1 saturated carbocycles. The van der Waals surface area contributed by atoms with Crippen LogP contribution in [0.4, 0.5) is 18.9 Å². The summed E-state index contributed by atoms with van der Waals surface area (Å²) in [6.07, 6.45) is 0.541. The van der Waals surface area contributed by atoms with Crippen molar-refractivity contribution in [1.82, 2.24) is 10.3 Å². The SMILES string of the molecule is COc1ccccc1OCCNC(=O)[C@H]1CC[C@H](CNc2ccnc3cc(C(F)(F)F)ccc23)CC1. The molecular formula is C27H30F3N3O3. The monoisotopic (exact) mass is 501 g/mol. The van der Waals surface area contributed by atoms with E-state index in [0.717, 1.165) is 43.5 Å². The first kappa shape index (κ1) is 25.6. The first-order chi connectivity index (χ1) is 17.3. The van der Waals surface area contributed by atoms with E-state index in [4.69, 9.17) is 9.47 Å². The zero-order valence-corrected chi connectivity index (χ0v) is 20.1. The number of alkyl halides is 3. The lowest BCUT2D eigenvalue weighted by atomic mass is 9.81. The van der Waals surface area contributed by atoms with Crippen molar-refractivity contribution in [3.63, 3.8) is 0 Å². The number of nitrogens with one attached hydrogen (secondary N) is 2. The largest absolute Gasteiger partial charge is 0.493 e. The molecule has 0 unspecified atom stereocenters. The molecule has 3 aromatic rings. The topological polar surface area (TPSA) is 72.5 Å². The molecule has 0 aliphatic heterocycles. The fraction of sp³-hybridized carbons (Fsp3) is 0.407. The van der Waals surface area contributed by atoms with Crippen LogP contribution in [0.1, 0.15) is 31.2 Å². The summed E-state index contributed by atoms with van der Waals surface area (Å²) in [7, 11) is 1.59. The smallest absolute Gasteiger partial charge is 0.416 e. The molecule has 192 valence electrons. The van der Waals surface area contributed by atoms with Gasteiger partial charge >= 0.3 is 6.18 Å². The fourth-order valence-electron chi connectivity index (χ4n) is 4.58. The van der Waals surface area contributed by atoms with Gasteiger partial charge in [-0.2, -0.15) is 13.2 Å². The number of benzene rings is 2. The summed E-state index contributed by atoms with van der Waals surface area (Å²) in [5, 5.41) is 7.00. The van der Waals surface area contributed by atoms with Gasteiger partial charge in [0, 0.05) is 29.7 Å². The fourth-order valence-corrected chi connectivity index (χ4v) is 4.58. The van der Waals surface area contributed by atoms with E-state index in [2.05, 4.69) is 15.6 Å². The number of nitrogens with zero attached hydrogens (tertiary/aromatic N) is 1. The van der Waals surface area contributed by atoms with Gasteiger partial charge in [0.1, 0.15) is 6.61 Å². The number of halogens is 3. The quantitative estimate of drug-likeness (QED) is 0.370. The minimum Gasteiger partial charge on any atom is -0.493 e. The summed E-state index contributed by atoms with van der Waals surface area (Å²) in [5.41, 5.74) is 0.371. The zero-order valence-electron chi connectivity index (χ0n) is 20.1. The van der Waals surface area contributed by atoms with Crippen molar-refractivity contribution < 1.29 is 27.4 Å². The van der Waals surface area contributed by atoms with Gasteiger partial charge < -0.3 is 20.1 Å². The molecule has 2 N–H and O–H groups in total. The Morgan fingerprint density at radius 2 is 1.81 bits per heavy atom. The summed E-state index contributed by atoms with van der Waals surface area (Å²) in [6.45, 7) is 1.47. The highest BCUT2D eigenvalue weighted by Gasteiger charge is 2.31. The summed E-state index contributed by atoms with van der Waals surface area (Å²) in [6, 6.07) is 12.8. The van der Waals surface area contributed by atoms with Gasteiger partial charge in [0.05, 0.1) is 24.7 Å². The molecule has 1 aromatic heterocycles. The first-order valence-corrected chi connectivity index (χ1v) is 12.1. The van der Waals surface area contributed by atoms with Crippen molar-refractivity contribution in [2.75, 3.05) is 32.1 Å². The van der Waals surface area contributed by atoms with Crippen molar-refractivity contribution in [2.24, 2.45) is 11.8 Å². The molecule has 4 rings (SSSR count). The third-order valence-corrected chi connectivity index (χ3v) is 6.60. The highest BCUT2D eigenvalue weighted by atomic mass is 19.4. The predicted molar refractivity (Wildman–Crippen MR) is 132 cm³/mol. The van der Waals surface area contributed by atoms with E-state index in [1.54, 1.807) is 13.2 Å². The van der Waals surface area contributed by atoms with Gasteiger partial charge in [-0.05, 0) is 61.9 Å². The van der Waals surface area contributed by atoms with Gasteiger partial charge in [0.15, 0.2) is 11.5 Å². The number of aromatic nitrogens is 1. The van der Waals surface area contributed by atoms with Gasteiger partial charge in [-0.3, -0.25) is 9.78 Å². The third kappa shape index (κ3) is 6.38. The van der Waals surface area contributed by atoms with Crippen molar-refractivity contribution >= 4 is 22.5 Å². The van der Waals surface area contributed by atoms with Crippen LogP contribution in [-0.2, 0) is 11.0 Å². The lowest BCUT2D eigenvalue weighted by Gasteiger charge is -2.28. The highest BCUT2D eigenvalue weighted by Crippen LogP contribution is 2.33. The second-order valence-electron chi connectivity index (χ2n) is 8.98. The number of anilines is 1. The van der Waals surface area contributed by atoms with E-state index in [1.165, 1.54) is 12.3 Å². The summed E-state index contributed by atoms with van der Waals surface area (Å²) < 4.78 is 50.0. The van der Waals surface area contributed by atoms with E-state index in [0.29, 0.717) is 48.0 Å². The van der Waals surface area contributed by atoms with Crippen LogP contribution in [-0.4, -0.2) is 37.7 Å². The maximum atomic E-state index is 13.0. The Balaban J connectivity index is 1.21. The molecule has 0 saturated heterocycles. The Morgan fingerprint density at radius 1 is 1.06 bits per heavy atom. The van der Waals surface area contributed by atoms with Crippen LogP contribution in [0, 0.1) is 11.8 Å². The molecule has 1 aliphatic rings. The number of carbonyl (C=O) groups excluding carboxylic acids is 1. The number of hydrogen-bond acceptors (Lipinski definition) is 5. The van der Waals surface area contributed by atoms with E-state index in [1.807, 2.05) is 24.3 Å². The van der Waals surface area contributed by atoms with E-state index < -0.39 is 11.7 Å². The lowest BCUT2D eigenvalue weighted by molar-refractivity contribution is -0.137. The number of carbonyl (C=O) groups is 1. The van der Waals surface area contributed by atoms with Gasteiger partial charge in [0.25, 0.3) is 0 Å². The molecule has 1 aliphatic carbocycles. The number of rotatable bonds is 9. The minimum absolute atomic E-state index is 0.0185. The summed E-state index contributed by atoms with van der Waals surface area (Å²) in [4.78, 5) is 16.7. The normalized spacial score (nSPS) is 18.0. The van der Waals surface area contributed by atoms with E-state index >= 15 is 0 Å². The number of hydrogen-bond donors (Lipinski definition) is 2. The Hall–Kier alpha value is -3.49. The molecule has 1 heterocycles. The standard InChI is InChI=1S/C27H30F3N3O3/c1-35-24-4-2-3-5-25(24)36-15-14-32-26(34)19-8-6-18(7-9-19)17-33-22-12-13-31-23-16-20(27(28,29)30)10-11-21(22)23/h2-5,10-13,16,18-19H,6-9,14-15,17H2,1H3,(H,31,33)(H,32,34)/t18-,19-. The van der Waals surface area contributed by atoms with Gasteiger partial charge in [-0.15, -0.1) is 0 Å². The number of methoxy groups -OCH3 is 1. The van der Waals surface area contributed by atoms with Gasteiger partial charge in [0.2, 0.25) is 5.91 Å². The molecule has 2 aromatic carbocycles. The number of fused-ring (bicyclic) bond motifs is 1. The Morgan fingerprint density at radius 3 is 2.53 bits per heavy atom. The average molecular weight is 502 g/mol. The van der Waals surface area contributed by atoms with E-state index in [9.17, 15) is 18.0 Å². The van der Waals surface area contributed by atoms with E-state index in [-0.39, 0.29) is 11.8 Å². The van der Waals surface area contributed by atoms with Crippen LogP contribution in [0.25, 0.3) is 10.9 Å².